The van der Waals surface area contributed by atoms with Crippen molar-refractivity contribution in [1.29, 1.82) is 0 Å². The largest absolute Gasteiger partial charge is 0.367 e. The molecular weight excluding hydrogens is 296 g/mol. The van der Waals surface area contributed by atoms with E-state index in [2.05, 4.69) is 40.7 Å². The van der Waals surface area contributed by atoms with Crippen LogP contribution < -0.4 is 10.2 Å². The van der Waals surface area contributed by atoms with Gasteiger partial charge in [-0.15, -0.1) is 11.8 Å². The molecule has 2 aliphatic rings. The Kier molecular flexibility index (Phi) is 5.10. The molecule has 5 nitrogen and oxygen atoms in total. The van der Waals surface area contributed by atoms with Gasteiger partial charge in [0, 0.05) is 57.3 Å². The number of hydrogen-bond acceptors (Lipinski definition) is 4. The molecule has 0 saturated carbocycles. The number of carbonyl (C=O) groups is 1. The van der Waals surface area contributed by atoms with Crippen molar-refractivity contribution in [2.45, 2.75) is 4.90 Å². The van der Waals surface area contributed by atoms with Crippen LogP contribution in [-0.4, -0.2) is 74.4 Å². The molecule has 22 heavy (non-hydrogen) atoms. The molecule has 2 aliphatic heterocycles. The second kappa shape index (κ2) is 7.24. The SMILES string of the molecule is CSc1ccccc1N1CCN(C(=O)N2CCNCC2)CC1. The number of amides is 2. The summed E-state index contributed by atoms with van der Waals surface area (Å²) in [6, 6.07) is 8.73. The van der Waals surface area contributed by atoms with Crippen LogP contribution in [0.5, 0.6) is 0 Å². The highest BCUT2D eigenvalue weighted by Crippen LogP contribution is 2.29. The molecule has 1 aromatic carbocycles. The maximum atomic E-state index is 12.5. The van der Waals surface area contributed by atoms with Crippen molar-refractivity contribution in [1.82, 2.24) is 15.1 Å². The number of para-hydroxylation sites is 1. The summed E-state index contributed by atoms with van der Waals surface area (Å²) < 4.78 is 0. The molecule has 2 amide bonds. The maximum absolute atomic E-state index is 12.5. The molecule has 0 bridgehead atoms. The Hall–Kier alpha value is -1.40. The van der Waals surface area contributed by atoms with Crippen LogP contribution in [-0.2, 0) is 0 Å². The Balaban J connectivity index is 1.59. The fraction of sp³-hybridized carbons (Fsp3) is 0.562. The Bertz CT molecular complexity index is 511. The van der Waals surface area contributed by atoms with E-state index >= 15 is 0 Å². The van der Waals surface area contributed by atoms with Crippen LogP contribution >= 0.6 is 11.8 Å². The number of benzene rings is 1. The topological polar surface area (TPSA) is 38.8 Å². The highest BCUT2D eigenvalue weighted by Gasteiger charge is 2.26. The minimum Gasteiger partial charge on any atom is -0.367 e. The van der Waals surface area contributed by atoms with E-state index in [0.717, 1.165) is 52.4 Å². The highest BCUT2D eigenvalue weighted by molar-refractivity contribution is 7.98. The Labute approximate surface area is 136 Å². The van der Waals surface area contributed by atoms with Crippen molar-refractivity contribution in [2.75, 3.05) is 63.5 Å². The van der Waals surface area contributed by atoms with Crippen molar-refractivity contribution in [2.24, 2.45) is 0 Å². The lowest BCUT2D eigenvalue weighted by molar-refractivity contribution is 0.144. The number of anilines is 1. The molecule has 2 fully saturated rings. The predicted octanol–water partition coefficient (Wildman–Crippen LogP) is 1.56. The molecule has 0 atom stereocenters. The number of hydrogen-bond donors (Lipinski definition) is 1. The van der Waals surface area contributed by atoms with Crippen molar-refractivity contribution < 1.29 is 4.79 Å². The van der Waals surface area contributed by atoms with E-state index in [1.807, 2.05) is 9.80 Å². The summed E-state index contributed by atoms with van der Waals surface area (Å²) in [5, 5.41) is 3.29. The fourth-order valence-corrected chi connectivity index (χ4v) is 3.71. The normalized spacial score (nSPS) is 19.4. The number of nitrogens with one attached hydrogen (secondary N) is 1. The van der Waals surface area contributed by atoms with Crippen LogP contribution in [0.2, 0.25) is 0 Å². The van der Waals surface area contributed by atoms with Crippen molar-refractivity contribution in [3.63, 3.8) is 0 Å². The smallest absolute Gasteiger partial charge is 0.320 e. The van der Waals surface area contributed by atoms with E-state index < -0.39 is 0 Å². The number of urea groups is 1. The molecule has 2 saturated heterocycles. The monoisotopic (exact) mass is 320 g/mol. The summed E-state index contributed by atoms with van der Waals surface area (Å²) in [6.45, 7) is 6.92. The fourth-order valence-electron chi connectivity index (χ4n) is 3.09. The molecule has 0 aliphatic carbocycles. The van der Waals surface area contributed by atoms with E-state index in [9.17, 15) is 4.79 Å². The van der Waals surface area contributed by atoms with E-state index in [0.29, 0.717) is 0 Å². The second-order valence-corrected chi connectivity index (χ2v) is 6.51. The van der Waals surface area contributed by atoms with Crippen molar-refractivity contribution >= 4 is 23.5 Å². The van der Waals surface area contributed by atoms with E-state index in [-0.39, 0.29) is 6.03 Å². The van der Waals surface area contributed by atoms with Crippen LogP contribution in [0.1, 0.15) is 0 Å². The molecule has 0 unspecified atom stereocenters. The first kappa shape index (κ1) is 15.5. The first-order valence-electron chi connectivity index (χ1n) is 7.92. The molecule has 0 aromatic heterocycles. The Morgan fingerprint density at radius 2 is 1.64 bits per heavy atom. The third kappa shape index (κ3) is 3.33. The summed E-state index contributed by atoms with van der Waals surface area (Å²) in [4.78, 5) is 20.2. The summed E-state index contributed by atoms with van der Waals surface area (Å²) >= 11 is 1.78. The number of piperazine rings is 2. The van der Waals surface area contributed by atoms with Crippen LogP contribution in [0.25, 0.3) is 0 Å². The summed E-state index contributed by atoms with van der Waals surface area (Å²) in [5.74, 6) is 0. The quantitative estimate of drug-likeness (QED) is 0.840. The van der Waals surface area contributed by atoms with Gasteiger partial charge in [-0.05, 0) is 18.4 Å². The summed E-state index contributed by atoms with van der Waals surface area (Å²) in [5.41, 5.74) is 1.30. The second-order valence-electron chi connectivity index (χ2n) is 5.67. The molecule has 3 rings (SSSR count). The van der Waals surface area contributed by atoms with Gasteiger partial charge in [-0.3, -0.25) is 0 Å². The number of nitrogens with zero attached hydrogens (tertiary/aromatic N) is 3. The third-order valence-electron chi connectivity index (χ3n) is 4.36. The summed E-state index contributed by atoms with van der Waals surface area (Å²) in [7, 11) is 0. The van der Waals surface area contributed by atoms with Gasteiger partial charge in [-0.1, -0.05) is 12.1 Å². The number of thioether (sulfide) groups is 1. The van der Waals surface area contributed by atoms with Crippen LogP contribution in [0, 0.1) is 0 Å². The average Bonchev–Trinajstić information content (AvgIpc) is 2.62. The zero-order chi connectivity index (χ0) is 15.4. The Morgan fingerprint density at radius 1 is 1.00 bits per heavy atom. The molecule has 0 spiro atoms. The molecule has 6 heteroatoms. The van der Waals surface area contributed by atoms with E-state index in [4.69, 9.17) is 0 Å². The minimum atomic E-state index is 0.208. The maximum Gasteiger partial charge on any atom is 0.320 e. The van der Waals surface area contributed by atoms with E-state index in [1.165, 1.54) is 10.6 Å². The first-order valence-corrected chi connectivity index (χ1v) is 9.14. The van der Waals surface area contributed by atoms with Crippen LogP contribution in [0.15, 0.2) is 29.2 Å². The highest BCUT2D eigenvalue weighted by atomic mass is 32.2. The molecular formula is C16H24N4OS. The van der Waals surface area contributed by atoms with Gasteiger partial charge in [0.05, 0.1) is 5.69 Å². The van der Waals surface area contributed by atoms with Gasteiger partial charge in [0.2, 0.25) is 0 Å². The van der Waals surface area contributed by atoms with Gasteiger partial charge in [0.15, 0.2) is 0 Å². The van der Waals surface area contributed by atoms with Gasteiger partial charge in [0.1, 0.15) is 0 Å². The summed E-state index contributed by atoms with van der Waals surface area (Å²) in [6.07, 6.45) is 2.11. The number of carbonyl (C=O) groups excluding carboxylic acids is 1. The van der Waals surface area contributed by atoms with Gasteiger partial charge >= 0.3 is 6.03 Å². The zero-order valence-electron chi connectivity index (χ0n) is 13.1. The lowest BCUT2D eigenvalue weighted by atomic mass is 10.2. The predicted molar refractivity (Wildman–Crippen MR) is 91.8 cm³/mol. The molecule has 0 radical (unpaired) electrons. The minimum absolute atomic E-state index is 0.208. The standard InChI is InChI=1S/C16H24N4OS/c1-22-15-5-3-2-4-14(15)18-10-12-20(13-11-18)16(21)19-8-6-17-7-9-19/h2-5,17H,6-13H2,1H3. The van der Waals surface area contributed by atoms with Crippen molar-refractivity contribution in [3.05, 3.63) is 24.3 Å². The van der Waals surface area contributed by atoms with Gasteiger partial charge < -0.3 is 20.0 Å². The number of rotatable bonds is 2. The first-order chi connectivity index (χ1) is 10.8. The Morgan fingerprint density at radius 3 is 2.32 bits per heavy atom. The molecule has 2 heterocycles. The van der Waals surface area contributed by atoms with Crippen LogP contribution in [0.3, 0.4) is 0 Å². The molecule has 1 aromatic rings. The van der Waals surface area contributed by atoms with E-state index in [1.54, 1.807) is 11.8 Å². The van der Waals surface area contributed by atoms with Crippen molar-refractivity contribution in [3.8, 4) is 0 Å². The van der Waals surface area contributed by atoms with Gasteiger partial charge in [-0.2, -0.15) is 0 Å². The van der Waals surface area contributed by atoms with Gasteiger partial charge in [-0.25, -0.2) is 4.79 Å². The zero-order valence-corrected chi connectivity index (χ0v) is 13.9. The average molecular weight is 320 g/mol. The lowest BCUT2D eigenvalue weighted by Gasteiger charge is -2.39. The molecule has 120 valence electrons. The third-order valence-corrected chi connectivity index (χ3v) is 5.15. The lowest BCUT2D eigenvalue weighted by Crippen LogP contribution is -2.56. The van der Waals surface area contributed by atoms with Gasteiger partial charge in [0.25, 0.3) is 0 Å². The molecule has 1 N–H and O–H groups in total. The van der Waals surface area contributed by atoms with Crippen LogP contribution in [0.4, 0.5) is 10.5 Å².